The van der Waals surface area contributed by atoms with E-state index in [1.54, 1.807) is 6.20 Å². The Labute approximate surface area is 119 Å². The molecular formula is C16H23N3O. The first-order valence-corrected chi connectivity index (χ1v) is 8.13. The first-order valence-electron chi connectivity index (χ1n) is 8.13. The van der Waals surface area contributed by atoms with Crippen LogP contribution in [0.25, 0.3) is 0 Å². The molecule has 4 bridgehead atoms. The SMILES string of the molecule is CCCn1nncc1C(=O)C12CC3CC(CC(C3)C1)C2. The Hall–Kier alpha value is -1.19. The highest BCUT2D eigenvalue weighted by Gasteiger charge is 2.55. The van der Waals surface area contributed by atoms with Gasteiger partial charge in [-0.3, -0.25) is 4.79 Å². The smallest absolute Gasteiger partial charge is 0.188 e. The van der Waals surface area contributed by atoms with E-state index in [2.05, 4.69) is 17.2 Å². The third kappa shape index (κ3) is 1.76. The van der Waals surface area contributed by atoms with Crippen LogP contribution in [0.4, 0.5) is 0 Å². The summed E-state index contributed by atoms with van der Waals surface area (Å²) in [7, 11) is 0. The Bertz CT molecular complexity index is 498. The second kappa shape index (κ2) is 4.40. The highest BCUT2D eigenvalue weighted by molar-refractivity contribution is 5.99. The lowest BCUT2D eigenvalue weighted by Gasteiger charge is -2.55. The molecule has 1 aromatic rings. The number of hydrogen-bond acceptors (Lipinski definition) is 3. The van der Waals surface area contributed by atoms with Gasteiger partial charge in [-0.25, -0.2) is 4.68 Å². The fraction of sp³-hybridized carbons (Fsp3) is 0.812. The Kier molecular flexibility index (Phi) is 2.76. The predicted octanol–water partition coefficient (Wildman–Crippen LogP) is 3.09. The normalized spacial score (nSPS) is 38.4. The van der Waals surface area contributed by atoms with E-state index in [4.69, 9.17) is 0 Å². The quantitative estimate of drug-likeness (QED) is 0.792. The van der Waals surface area contributed by atoms with Crippen LogP contribution < -0.4 is 0 Å². The lowest BCUT2D eigenvalue weighted by atomic mass is 9.48. The van der Waals surface area contributed by atoms with Crippen LogP contribution in [0.3, 0.4) is 0 Å². The second-order valence-corrected chi connectivity index (χ2v) is 7.37. The van der Waals surface area contributed by atoms with Crippen LogP contribution in [-0.2, 0) is 6.54 Å². The van der Waals surface area contributed by atoms with Crippen molar-refractivity contribution < 1.29 is 4.79 Å². The van der Waals surface area contributed by atoms with Crippen molar-refractivity contribution in [2.45, 2.75) is 58.4 Å². The summed E-state index contributed by atoms with van der Waals surface area (Å²) < 4.78 is 1.82. The van der Waals surface area contributed by atoms with E-state index in [-0.39, 0.29) is 5.41 Å². The first kappa shape index (κ1) is 12.5. The molecule has 4 fully saturated rings. The molecule has 4 aliphatic rings. The van der Waals surface area contributed by atoms with E-state index < -0.39 is 0 Å². The van der Waals surface area contributed by atoms with Crippen LogP contribution in [0.15, 0.2) is 6.20 Å². The molecule has 20 heavy (non-hydrogen) atoms. The lowest BCUT2D eigenvalue weighted by Crippen LogP contribution is -2.50. The summed E-state index contributed by atoms with van der Waals surface area (Å²) in [6.07, 6.45) is 10.2. The molecule has 0 N–H and O–H groups in total. The summed E-state index contributed by atoms with van der Waals surface area (Å²) in [6.45, 7) is 2.91. The van der Waals surface area contributed by atoms with Crippen LogP contribution in [0, 0.1) is 23.2 Å². The van der Waals surface area contributed by atoms with Crippen LogP contribution >= 0.6 is 0 Å². The van der Waals surface area contributed by atoms with Crippen molar-refractivity contribution in [3.05, 3.63) is 11.9 Å². The minimum absolute atomic E-state index is 0.0675. The first-order chi connectivity index (χ1) is 9.70. The lowest BCUT2D eigenvalue weighted by molar-refractivity contribution is -0.0358. The molecule has 1 heterocycles. The van der Waals surface area contributed by atoms with Crippen LogP contribution in [0.5, 0.6) is 0 Å². The molecule has 0 saturated heterocycles. The molecule has 5 rings (SSSR count). The molecule has 0 unspecified atom stereocenters. The molecular weight excluding hydrogens is 250 g/mol. The van der Waals surface area contributed by atoms with Gasteiger partial charge in [0.05, 0.1) is 6.20 Å². The molecule has 1 aromatic heterocycles. The van der Waals surface area contributed by atoms with Crippen molar-refractivity contribution in [2.75, 3.05) is 0 Å². The minimum Gasteiger partial charge on any atom is -0.292 e. The number of ketones is 1. The minimum atomic E-state index is -0.0675. The molecule has 4 aliphatic carbocycles. The zero-order valence-corrected chi connectivity index (χ0v) is 12.2. The summed E-state index contributed by atoms with van der Waals surface area (Å²) in [4.78, 5) is 13.2. The third-order valence-electron chi connectivity index (χ3n) is 5.81. The molecule has 0 spiro atoms. The van der Waals surface area contributed by atoms with Gasteiger partial charge < -0.3 is 0 Å². The molecule has 0 radical (unpaired) electrons. The molecule has 108 valence electrons. The summed E-state index contributed by atoms with van der Waals surface area (Å²) in [5.41, 5.74) is 0.691. The number of aryl methyl sites for hydroxylation is 1. The molecule has 4 heteroatoms. The molecule has 4 nitrogen and oxygen atoms in total. The average molecular weight is 273 g/mol. The monoisotopic (exact) mass is 273 g/mol. The van der Waals surface area contributed by atoms with Gasteiger partial charge in [0.1, 0.15) is 5.69 Å². The Morgan fingerprint density at radius 3 is 2.40 bits per heavy atom. The third-order valence-corrected chi connectivity index (χ3v) is 5.81. The number of rotatable bonds is 4. The fourth-order valence-corrected chi connectivity index (χ4v) is 5.47. The highest BCUT2D eigenvalue weighted by atomic mass is 16.1. The zero-order chi connectivity index (χ0) is 13.7. The summed E-state index contributed by atoms with van der Waals surface area (Å²) in [6, 6.07) is 0. The highest BCUT2D eigenvalue weighted by Crippen LogP contribution is 2.60. The van der Waals surface area contributed by atoms with Crippen LogP contribution in [0.2, 0.25) is 0 Å². The summed E-state index contributed by atoms with van der Waals surface area (Å²) in [5.74, 6) is 2.76. The van der Waals surface area contributed by atoms with Crippen molar-refractivity contribution >= 4 is 5.78 Å². The van der Waals surface area contributed by atoms with E-state index in [9.17, 15) is 4.79 Å². The second-order valence-electron chi connectivity index (χ2n) is 7.37. The Morgan fingerprint density at radius 2 is 1.85 bits per heavy atom. The molecule has 0 aliphatic heterocycles. The van der Waals surface area contributed by atoms with Gasteiger partial charge in [-0.15, -0.1) is 5.10 Å². The van der Waals surface area contributed by atoms with E-state index in [1.807, 2.05) is 4.68 Å². The number of Topliss-reactive ketones (excluding diaryl/α,β-unsaturated/α-hetero) is 1. The van der Waals surface area contributed by atoms with Gasteiger partial charge in [-0.1, -0.05) is 12.1 Å². The number of nitrogens with zero attached hydrogens (tertiary/aromatic N) is 3. The van der Waals surface area contributed by atoms with E-state index in [1.165, 1.54) is 19.3 Å². The van der Waals surface area contributed by atoms with Crippen molar-refractivity contribution in [1.82, 2.24) is 15.0 Å². The van der Waals surface area contributed by atoms with Gasteiger partial charge in [-0.05, 0) is 62.7 Å². The molecule has 0 amide bonds. The van der Waals surface area contributed by atoms with Gasteiger partial charge >= 0.3 is 0 Å². The maximum absolute atomic E-state index is 13.2. The largest absolute Gasteiger partial charge is 0.292 e. The molecule has 4 saturated carbocycles. The standard InChI is InChI=1S/C16H23N3O/c1-2-3-19-14(10-17-18-19)15(20)16-7-11-4-12(8-16)6-13(5-11)9-16/h10-13H,2-9H2,1H3. The van der Waals surface area contributed by atoms with Gasteiger partial charge in [-0.2, -0.15) is 0 Å². The molecule has 0 aromatic carbocycles. The van der Waals surface area contributed by atoms with Gasteiger partial charge in [0, 0.05) is 12.0 Å². The number of hydrogen-bond donors (Lipinski definition) is 0. The van der Waals surface area contributed by atoms with Gasteiger partial charge in [0.2, 0.25) is 0 Å². The van der Waals surface area contributed by atoms with E-state index >= 15 is 0 Å². The van der Waals surface area contributed by atoms with E-state index in [0.29, 0.717) is 5.78 Å². The number of carbonyl (C=O) groups excluding carboxylic acids is 1. The Balaban J connectivity index is 1.66. The van der Waals surface area contributed by atoms with Crippen LogP contribution in [-0.4, -0.2) is 20.8 Å². The number of aromatic nitrogens is 3. The van der Waals surface area contributed by atoms with E-state index in [0.717, 1.165) is 55.7 Å². The topological polar surface area (TPSA) is 47.8 Å². The number of carbonyl (C=O) groups is 1. The fourth-order valence-electron chi connectivity index (χ4n) is 5.47. The van der Waals surface area contributed by atoms with Crippen molar-refractivity contribution in [2.24, 2.45) is 23.2 Å². The van der Waals surface area contributed by atoms with Gasteiger partial charge in [0.15, 0.2) is 5.78 Å². The predicted molar refractivity (Wildman–Crippen MR) is 75.2 cm³/mol. The average Bonchev–Trinajstić information content (AvgIpc) is 2.85. The molecule has 0 atom stereocenters. The van der Waals surface area contributed by atoms with Crippen molar-refractivity contribution in [3.63, 3.8) is 0 Å². The summed E-state index contributed by atoms with van der Waals surface area (Å²) in [5, 5.41) is 8.08. The van der Waals surface area contributed by atoms with Crippen molar-refractivity contribution in [3.8, 4) is 0 Å². The maximum Gasteiger partial charge on any atom is 0.188 e. The zero-order valence-electron chi connectivity index (χ0n) is 12.2. The van der Waals surface area contributed by atoms with Crippen molar-refractivity contribution in [1.29, 1.82) is 0 Å². The maximum atomic E-state index is 13.2. The van der Waals surface area contributed by atoms with Crippen LogP contribution in [0.1, 0.15) is 62.4 Å². The van der Waals surface area contributed by atoms with Gasteiger partial charge in [0.25, 0.3) is 0 Å². The summed E-state index contributed by atoms with van der Waals surface area (Å²) >= 11 is 0. The Morgan fingerprint density at radius 1 is 1.25 bits per heavy atom.